The average Bonchev–Trinajstić information content (AvgIpc) is 2.82. The fraction of sp³-hybridized carbons (Fsp3) is 0.412. The number of halogens is 1. The topological polar surface area (TPSA) is 12.0 Å². The maximum atomic E-state index is 13.9. The zero-order chi connectivity index (χ0) is 14.5. The van der Waals surface area contributed by atoms with Crippen LogP contribution in [0.25, 0.3) is 0 Å². The molecule has 2 rings (SSSR count). The fourth-order valence-corrected chi connectivity index (χ4v) is 3.50. The van der Waals surface area contributed by atoms with Gasteiger partial charge in [-0.2, -0.15) is 0 Å². The first-order chi connectivity index (χ1) is 9.60. The second-order valence-corrected chi connectivity index (χ2v) is 6.64. The van der Waals surface area contributed by atoms with Crippen molar-refractivity contribution in [1.29, 1.82) is 0 Å². The third-order valence-corrected chi connectivity index (χ3v) is 4.50. The molecule has 0 fully saturated rings. The van der Waals surface area contributed by atoms with E-state index in [1.807, 2.05) is 23.5 Å². The Kier molecular flexibility index (Phi) is 5.32. The van der Waals surface area contributed by atoms with E-state index in [9.17, 15) is 4.39 Å². The minimum Gasteiger partial charge on any atom is -0.307 e. The summed E-state index contributed by atoms with van der Waals surface area (Å²) in [5.74, 6) is -0.119. The lowest BCUT2D eigenvalue weighted by molar-refractivity contribution is 0.430. The van der Waals surface area contributed by atoms with Gasteiger partial charge in [0.1, 0.15) is 5.82 Å². The summed E-state index contributed by atoms with van der Waals surface area (Å²) in [5.41, 5.74) is 0.768. The van der Waals surface area contributed by atoms with E-state index >= 15 is 0 Å². The molecule has 0 radical (unpaired) electrons. The zero-order valence-corrected chi connectivity index (χ0v) is 13.1. The van der Waals surface area contributed by atoms with Crippen molar-refractivity contribution in [2.75, 3.05) is 0 Å². The molecule has 1 aromatic carbocycles. The largest absolute Gasteiger partial charge is 0.307 e. The second kappa shape index (κ2) is 7.00. The number of benzene rings is 1. The molecular weight excluding hydrogens is 269 g/mol. The minimum atomic E-state index is -0.119. The molecule has 108 valence electrons. The van der Waals surface area contributed by atoms with Crippen LogP contribution in [0, 0.1) is 12.7 Å². The van der Waals surface area contributed by atoms with Crippen LogP contribution in [0.2, 0.25) is 0 Å². The van der Waals surface area contributed by atoms with Gasteiger partial charge in [-0.1, -0.05) is 25.1 Å². The molecule has 1 nitrogen and oxygen atoms in total. The van der Waals surface area contributed by atoms with Crippen LogP contribution in [0.5, 0.6) is 0 Å². The van der Waals surface area contributed by atoms with Gasteiger partial charge in [-0.05, 0) is 44.9 Å². The lowest BCUT2D eigenvalue weighted by Gasteiger charge is -2.23. The summed E-state index contributed by atoms with van der Waals surface area (Å²) in [4.78, 5) is 2.72. The first-order valence-electron chi connectivity index (χ1n) is 7.16. The molecule has 0 aliphatic carbocycles. The molecule has 20 heavy (non-hydrogen) atoms. The molecule has 0 amide bonds. The van der Waals surface area contributed by atoms with Crippen molar-refractivity contribution < 1.29 is 4.39 Å². The van der Waals surface area contributed by atoms with Crippen molar-refractivity contribution >= 4 is 11.3 Å². The smallest absolute Gasteiger partial charge is 0.127 e. The van der Waals surface area contributed by atoms with Gasteiger partial charge in [0.05, 0.1) is 0 Å². The minimum absolute atomic E-state index is 0.0762. The molecule has 3 heteroatoms. The summed E-state index contributed by atoms with van der Waals surface area (Å²) in [5, 5.41) is 3.55. The SMILES string of the molecule is CCC(NC(C)Cc1ccc(C)s1)c1ccccc1F. The normalized spacial score (nSPS) is 14.2. The number of hydrogen-bond donors (Lipinski definition) is 1. The van der Waals surface area contributed by atoms with E-state index < -0.39 is 0 Å². The van der Waals surface area contributed by atoms with E-state index in [1.165, 1.54) is 15.8 Å². The van der Waals surface area contributed by atoms with E-state index in [0.29, 0.717) is 6.04 Å². The van der Waals surface area contributed by atoms with Crippen LogP contribution in [-0.2, 0) is 6.42 Å². The molecule has 0 aliphatic rings. The standard InChI is InChI=1S/C17H22FNS/c1-4-17(15-7-5-6-8-16(15)18)19-12(2)11-14-10-9-13(3)20-14/h5-10,12,17,19H,4,11H2,1-3H3. The molecule has 0 saturated carbocycles. The summed E-state index contributed by atoms with van der Waals surface area (Å²) < 4.78 is 13.9. The Morgan fingerprint density at radius 1 is 1.20 bits per heavy atom. The number of aryl methyl sites for hydroxylation is 1. The Hall–Kier alpha value is -1.19. The van der Waals surface area contributed by atoms with Gasteiger partial charge in [-0.3, -0.25) is 0 Å². The highest BCUT2D eigenvalue weighted by Crippen LogP contribution is 2.22. The average molecular weight is 291 g/mol. The van der Waals surface area contributed by atoms with Gasteiger partial charge >= 0.3 is 0 Å². The summed E-state index contributed by atoms with van der Waals surface area (Å²) in [6.07, 6.45) is 1.87. The zero-order valence-electron chi connectivity index (χ0n) is 12.3. The van der Waals surface area contributed by atoms with Gasteiger partial charge in [-0.25, -0.2) is 4.39 Å². The van der Waals surface area contributed by atoms with Gasteiger partial charge in [0.15, 0.2) is 0 Å². The number of thiophene rings is 1. The van der Waals surface area contributed by atoms with Crippen molar-refractivity contribution in [3.63, 3.8) is 0 Å². The molecule has 0 saturated heterocycles. The third-order valence-electron chi connectivity index (χ3n) is 3.48. The van der Waals surface area contributed by atoms with Crippen molar-refractivity contribution in [3.8, 4) is 0 Å². The van der Waals surface area contributed by atoms with Crippen LogP contribution >= 0.6 is 11.3 Å². The van der Waals surface area contributed by atoms with Gasteiger partial charge in [0, 0.05) is 27.4 Å². The van der Waals surface area contributed by atoms with Gasteiger partial charge in [0.2, 0.25) is 0 Å². The monoisotopic (exact) mass is 291 g/mol. The Balaban J connectivity index is 2.01. The van der Waals surface area contributed by atoms with Gasteiger partial charge < -0.3 is 5.32 Å². The molecule has 2 aromatic rings. The van der Waals surface area contributed by atoms with E-state index in [0.717, 1.165) is 18.4 Å². The summed E-state index contributed by atoms with van der Waals surface area (Å²) in [6, 6.07) is 11.8. The molecule has 1 N–H and O–H groups in total. The lowest BCUT2D eigenvalue weighted by Crippen LogP contribution is -2.32. The van der Waals surface area contributed by atoms with Gasteiger partial charge in [0.25, 0.3) is 0 Å². The fourth-order valence-electron chi connectivity index (χ4n) is 2.48. The van der Waals surface area contributed by atoms with Crippen molar-refractivity contribution in [2.24, 2.45) is 0 Å². The molecule has 1 aromatic heterocycles. The van der Waals surface area contributed by atoms with Crippen LogP contribution in [0.1, 0.15) is 41.6 Å². The number of rotatable bonds is 6. The Labute approximate surface area is 124 Å². The highest BCUT2D eigenvalue weighted by Gasteiger charge is 2.16. The molecule has 0 bridgehead atoms. The van der Waals surface area contributed by atoms with E-state index in [1.54, 1.807) is 6.07 Å². The predicted molar refractivity (Wildman–Crippen MR) is 84.8 cm³/mol. The summed E-state index contributed by atoms with van der Waals surface area (Å²) >= 11 is 1.84. The maximum Gasteiger partial charge on any atom is 0.127 e. The quantitative estimate of drug-likeness (QED) is 0.801. The summed E-state index contributed by atoms with van der Waals surface area (Å²) in [6.45, 7) is 6.38. The highest BCUT2D eigenvalue weighted by atomic mass is 32.1. The van der Waals surface area contributed by atoms with Crippen LogP contribution in [0.3, 0.4) is 0 Å². The molecular formula is C17H22FNS. The summed E-state index contributed by atoms with van der Waals surface area (Å²) in [7, 11) is 0. The first-order valence-corrected chi connectivity index (χ1v) is 7.97. The predicted octanol–water partition coefficient (Wildman–Crippen LogP) is 4.87. The lowest BCUT2D eigenvalue weighted by atomic mass is 10.0. The Bertz CT molecular complexity index is 549. The molecule has 2 unspecified atom stereocenters. The second-order valence-electron chi connectivity index (χ2n) is 5.27. The number of nitrogens with one attached hydrogen (secondary N) is 1. The van der Waals surface area contributed by atoms with Crippen molar-refractivity contribution in [3.05, 3.63) is 57.5 Å². The van der Waals surface area contributed by atoms with Crippen molar-refractivity contribution in [2.45, 2.75) is 45.7 Å². The van der Waals surface area contributed by atoms with Crippen LogP contribution in [0.15, 0.2) is 36.4 Å². The van der Waals surface area contributed by atoms with E-state index in [-0.39, 0.29) is 11.9 Å². The van der Waals surface area contributed by atoms with Crippen LogP contribution in [-0.4, -0.2) is 6.04 Å². The van der Waals surface area contributed by atoms with Crippen molar-refractivity contribution in [1.82, 2.24) is 5.32 Å². The molecule has 1 heterocycles. The van der Waals surface area contributed by atoms with Crippen LogP contribution < -0.4 is 5.32 Å². The molecule has 0 spiro atoms. The number of hydrogen-bond acceptors (Lipinski definition) is 2. The molecule has 2 atom stereocenters. The Morgan fingerprint density at radius 3 is 2.55 bits per heavy atom. The van der Waals surface area contributed by atoms with E-state index in [2.05, 4.69) is 38.2 Å². The highest BCUT2D eigenvalue weighted by molar-refractivity contribution is 7.11. The van der Waals surface area contributed by atoms with Crippen LogP contribution in [0.4, 0.5) is 4.39 Å². The third kappa shape index (κ3) is 3.90. The maximum absolute atomic E-state index is 13.9. The first kappa shape index (κ1) is 15.2. The molecule has 0 aliphatic heterocycles. The Morgan fingerprint density at radius 2 is 1.95 bits per heavy atom. The van der Waals surface area contributed by atoms with E-state index in [4.69, 9.17) is 0 Å². The van der Waals surface area contributed by atoms with Gasteiger partial charge in [-0.15, -0.1) is 11.3 Å².